The third kappa shape index (κ3) is 1.12. The SMILES string of the molecule is NC1=NC2(O)C(F)(F)C(F)(F)C(F)(F)C(F)(F)C2(F)S1. The van der Waals surface area contributed by atoms with Crippen molar-refractivity contribution < 1.29 is 44.6 Å². The quantitative estimate of drug-likeness (QED) is 0.666. The van der Waals surface area contributed by atoms with Crippen molar-refractivity contribution in [2.45, 2.75) is 34.4 Å². The van der Waals surface area contributed by atoms with E-state index in [1.807, 2.05) is 0 Å². The molecule has 2 aliphatic rings. The van der Waals surface area contributed by atoms with Gasteiger partial charge >= 0.3 is 23.7 Å². The Balaban J connectivity index is 2.85. The minimum atomic E-state index is -6.78. The van der Waals surface area contributed by atoms with Crippen LogP contribution in [0.4, 0.5) is 39.5 Å². The van der Waals surface area contributed by atoms with E-state index >= 15 is 0 Å². The van der Waals surface area contributed by atoms with Crippen LogP contribution in [0.15, 0.2) is 4.99 Å². The summed E-state index contributed by atoms with van der Waals surface area (Å²) >= 11 is -1.17. The van der Waals surface area contributed by atoms with Gasteiger partial charge < -0.3 is 10.8 Å². The molecule has 0 spiro atoms. The highest BCUT2D eigenvalue weighted by molar-refractivity contribution is 8.15. The molecule has 0 aromatic heterocycles. The molecular formula is C7H3F9N2OS. The van der Waals surface area contributed by atoms with Crippen LogP contribution in [0, 0.1) is 0 Å². The second kappa shape index (κ2) is 3.31. The first-order valence-electron chi connectivity index (χ1n) is 4.57. The number of nitrogens with two attached hydrogens (primary N) is 1. The normalized spacial score (nSPS) is 43.8. The number of aliphatic imine (C=N–C) groups is 1. The van der Waals surface area contributed by atoms with E-state index in [2.05, 4.69) is 10.7 Å². The summed E-state index contributed by atoms with van der Waals surface area (Å²) in [7, 11) is 0. The Morgan fingerprint density at radius 2 is 1.20 bits per heavy atom. The molecule has 0 saturated heterocycles. The van der Waals surface area contributed by atoms with Crippen LogP contribution in [-0.4, -0.2) is 44.7 Å². The van der Waals surface area contributed by atoms with E-state index in [1.165, 1.54) is 0 Å². The first-order chi connectivity index (χ1) is 8.60. The highest BCUT2D eigenvalue weighted by atomic mass is 32.2. The highest BCUT2D eigenvalue weighted by Gasteiger charge is 3.01. The van der Waals surface area contributed by atoms with Crippen molar-refractivity contribution in [2.24, 2.45) is 10.7 Å². The maximum Gasteiger partial charge on any atom is 0.383 e. The maximum absolute atomic E-state index is 14.0. The van der Waals surface area contributed by atoms with Crippen LogP contribution < -0.4 is 5.73 Å². The van der Waals surface area contributed by atoms with Crippen molar-refractivity contribution in [1.82, 2.24) is 0 Å². The standard InChI is InChI=1S/C7H3F9N2OS/c8-2(9)3(10,11)5(14,15)7(19)6(16,4(2,12)13)20-1(17)18-7/h19H,(H2,17,18). The Morgan fingerprint density at radius 3 is 1.65 bits per heavy atom. The van der Waals surface area contributed by atoms with Crippen molar-refractivity contribution in [1.29, 1.82) is 0 Å². The predicted octanol–water partition coefficient (Wildman–Crippen LogP) is 1.96. The third-order valence-electron chi connectivity index (χ3n) is 2.99. The summed E-state index contributed by atoms with van der Waals surface area (Å²) in [6, 6.07) is 0. The van der Waals surface area contributed by atoms with Gasteiger partial charge in [-0.25, -0.2) is 9.38 Å². The van der Waals surface area contributed by atoms with E-state index in [0.29, 0.717) is 0 Å². The van der Waals surface area contributed by atoms with Crippen LogP contribution in [-0.2, 0) is 0 Å². The smallest absolute Gasteiger partial charge is 0.378 e. The second-order valence-electron chi connectivity index (χ2n) is 4.12. The first-order valence-corrected chi connectivity index (χ1v) is 5.39. The number of alkyl halides is 9. The van der Waals surface area contributed by atoms with Gasteiger partial charge in [-0.2, -0.15) is 35.1 Å². The summed E-state index contributed by atoms with van der Waals surface area (Å²) in [4.78, 5) is 2.12. The fourth-order valence-electron chi connectivity index (χ4n) is 1.84. The summed E-state index contributed by atoms with van der Waals surface area (Å²) in [5.74, 6) is -26.2. The minimum absolute atomic E-state index is 1.17. The molecule has 3 nitrogen and oxygen atoms in total. The van der Waals surface area contributed by atoms with E-state index in [9.17, 15) is 39.5 Å². The molecule has 1 aliphatic carbocycles. The molecule has 0 radical (unpaired) electrons. The maximum atomic E-state index is 14.0. The average Bonchev–Trinajstić information content (AvgIpc) is 2.50. The summed E-state index contributed by atoms with van der Waals surface area (Å²) in [6.45, 7) is 0. The Bertz CT molecular complexity index is 509. The lowest BCUT2D eigenvalue weighted by Crippen LogP contribution is -2.83. The topological polar surface area (TPSA) is 58.6 Å². The van der Waals surface area contributed by atoms with Gasteiger partial charge in [0.15, 0.2) is 5.17 Å². The number of hydrogen-bond acceptors (Lipinski definition) is 4. The molecule has 1 fully saturated rings. The van der Waals surface area contributed by atoms with Gasteiger partial charge in [0.25, 0.3) is 10.7 Å². The third-order valence-corrected chi connectivity index (χ3v) is 4.11. The van der Waals surface area contributed by atoms with Gasteiger partial charge in [0.05, 0.1) is 0 Å². The van der Waals surface area contributed by atoms with Gasteiger partial charge in [-0.3, -0.25) is 0 Å². The molecule has 1 aliphatic heterocycles. The van der Waals surface area contributed by atoms with Crippen molar-refractivity contribution in [3.05, 3.63) is 0 Å². The summed E-state index contributed by atoms with van der Waals surface area (Å²) in [5.41, 5.74) is -0.495. The monoisotopic (exact) mass is 334 g/mol. The molecule has 0 bridgehead atoms. The van der Waals surface area contributed by atoms with Crippen LogP contribution in [0.25, 0.3) is 0 Å². The number of halogens is 9. The molecule has 0 aromatic rings. The highest BCUT2D eigenvalue weighted by Crippen LogP contribution is 2.72. The molecule has 0 aromatic carbocycles. The molecule has 0 amide bonds. The van der Waals surface area contributed by atoms with Gasteiger partial charge in [0, 0.05) is 0 Å². The van der Waals surface area contributed by atoms with Gasteiger partial charge in [0.1, 0.15) is 0 Å². The zero-order chi connectivity index (χ0) is 16.0. The molecule has 2 atom stereocenters. The minimum Gasteiger partial charge on any atom is -0.378 e. The zero-order valence-corrected chi connectivity index (χ0v) is 9.60. The molecule has 1 saturated carbocycles. The van der Waals surface area contributed by atoms with E-state index in [1.54, 1.807) is 0 Å². The van der Waals surface area contributed by atoms with Crippen molar-refractivity contribution in [2.75, 3.05) is 0 Å². The molecule has 13 heteroatoms. The average molecular weight is 334 g/mol. The summed E-state index contributed by atoms with van der Waals surface area (Å²) in [6.07, 6.45) is 0. The summed E-state index contributed by atoms with van der Waals surface area (Å²) in [5, 5.41) is 2.42. The van der Waals surface area contributed by atoms with Gasteiger partial charge in [-0.05, 0) is 11.8 Å². The number of nitrogens with zero attached hydrogens (tertiary/aromatic N) is 1. The van der Waals surface area contributed by atoms with Crippen molar-refractivity contribution in [3.63, 3.8) is 0 Å². The van der Waals surface area contributed by atoms with E-state index in [-0.39, 0.29) is 0 Å². The molecule has 20 heavy (non-hydrogen) atoms. The van der Waals surface area contributed by atoms with Crippen molar-refractivity contribution >= 4 is 16.9 Å². The van der Waals surface area contributed by atoms with E-state index < -0.39 is 51.3 Å². The molecule has 2 unspecified atom stereocenters. The molecular weight excluding hydrogens is 331 g/mol. The zero-order valence-electron chi connectivity index (χ0n) is 8.78. The predicted molar refractivity (Wildman–Crippen MR) is 47.8 cm³/mol. The van der Waals surface area contributed by atoms with Gasteiger partial charge in [-0.1, -0.05) is 0 Å². The Hall–Kier alpha value is -0.850. The fraction of sp³-hybridized carbons (Fsp3) is 0.857. The number of amidine groups is 1. The Labute approximate surface area is 108 Å². The van der Waals surface area contributed by atoms with Crippen molar-refractivity contribution in [3.8, 4) is 0 Å². The Kier molecular flexibility index (Phi) is 2.57. The number of aliphatic hydroxyl groups is 1. The lowest BCUT2D eigenvalue weighted by molar-refractivity contribution is -0.456. The van der Waals surface area contributed by atoms with Crippen LogP contribution >= 0.6 is 11.8 Å². The number of rotatable bonds is 0. The number of thioether (sulfide) groups is 1. The molecule has 3 N–H and O–H groups in total. The van der Waals surface area contributed by atoms with Crippen LogP contribution in [0.2, 0.25) is 0 Å². The fourth-order valence-corrected chi connectivity index (χ4v) is 2.88. The van der Waals surface area contributed by atoms with Crippen LogP contribution in [0.5, 0.6) is 0 Å². The Morgan fingerprint density at radius 1 is 0.800 bits per heavy atom. The molecule has 1 heterocycles. The lowest BCUT2D eigenvalue weighted by atomic mass is 9.77. The molecule has 116 valence electrons. The van der Waals surface area contributed by atoms with E-state index in [4.69, 9.17) is 5.11 Å². The number of hydrogen-bond donors (Lipinski definition) is 2. The first kappa shape index (κ1) is 15.5. The second-order valence-corrected chi connectivity index (χ2v) is 5.30. The number of fused-ring (bicyclic) bond motifs is 1. The largest absolute Gasteiger partial charge is 0.383 e. The van der Waals surface area contributed by atoms with E-state index in [0.717, 1.165) is 0 Å². The lowest BCUT2D eigenvalue weighted by Gasteiger charge is -2.52. The van der Waals surface area contributed by atoms with Crippen LogP contribution in [0.3, 0.4) is 0 Å². The summed E-state index contributed by atoms with van der Waals surface area (Å²) < 4.78 is 119. The van der Waals surface area contributed by atoms with Gasteiger partial charge in [0.2, 0.25) is 0 Å². The van der Waals surface area contributed by atoms with Gasteiger partial charge in [-0.15, -0.1) is 0 Å². The molecule has 2 rings (SSSR count). The van der Waals surface area contributed by atoms with Crippen LogP contribution in [0.1, 0.15) is 0 Å².